The van der Waals surface area contributed by atoms with Gasteiger partial charge in [-0.1, -0.05) is 0 Å². The van der Waals surface area contributed by atoms with Gasteiger partial charge < -0.3 is 10.1 Å². The molecule has 7 heteroatoms. The molecule has 0 amide bonds. The molecule has 0 aliphatic heterocycles. The van der Waals surface area contributed by atoms with E-state index in [1.54, 1.807) is 0 Å². The minimum Gasteiger partial charge on any atom is -0.380 e. The van der Waals surface area contributed by atoms with Gasteiger partial charge in [0.05, 0.1) is 6.61 Å². The van der Waals surface area contributed by atoms with Crippen LogP contribution in [0.1, 0.15) is 37.1 Å². The molecule has 0 radical (unpaired) electrons. The molecule has 1 aliphatic rings. The van der Waals surface area contributed by atoms with Crippen molar-refractivity contribution in [3.05, 3.63) is 15.8 Å². The largest absolute Gasteiger partial charge is 0.380 e. The highest BCUT2D eigenvalue weighted by atomic mass is 32.2. The first-order valence-corrected chi connectivity index (χ1v) is 9.70. The molecule has 0 spiro atoms. The number of hydrogen-bond acceptors (Lipinski definition) is 5. The van der Waals surface area contributed by atoms with Gasteiger partial charge in [-0.3, -0.25) is 0 Å². The molecule has 1 aromatic heterocycles. The first-order chi connectivity index (χ1) is 9.94. The fourth-order valence-corrected chi connectivity index (χ4v) is 5.14. The average molecular weight is 332 g/mol. The number of ether oxygens (including phenoxy) is 1. The second-order valence-corrected chi connectivity index (χ2v) is 8.12. The van der Waals surface area contributed by atoms with Crippen LogP contribution in [0, 0.1) is 6.92 Å². The Morgan fingerprint density at radius 1 is 1.48 bits per heavy atom. The van der Waals surface area contributed by atoms with Crippen LogP contribution in [0.4, 0.5) is 0 Å². The van der Waals surface area contributed by atoms with Crippen LogP contribution in [0.25, 0.3) is 0 Å². The predicted octanol–water partition coefficient (Wildman–Crippen LogP) is 2.01. The molecule has 0 saturated heterocycles. The lowest BCUT2D eigenvalue weighted by Gasteiger charge is -2.15. The van der Waals surface area contributed by atoms with Gasteiger partial charge in [-0.25, -0.2) is 13.1 Å². The predicted molar refractivity (Wildman–Crippen MR) is 85.2 cm³/mol. The molecule has 21 heavy (non-hydrogen) atoms. The highest BCUT2D eigenvalue weighted by Crippen LogP contribution is 2.28. The van der Waals surface area contributed by atoms with Crippen LogP contribution in [-0.4, -0.2) is 33.7 Å². The fraction of sp³-hybridized carbons (Fsp3) is 0.714. The summed E-state index contributed by atoms with van der Waals surface area (Å²) in [5, 5.41) is 5.29. The van der Waals surface area contributed by atoms with E-state index in [9.17, 15) is 8.42 Å². The van der Waals surface area contributed by atoms with Crippen molar-refractivity contribution in [1.29, 1.82) is 0 Å². The van der Waals surface area contributed by atoms with Crippen molar-refractivity contribution in [1.82, 2.24) is 10.0 Å². The molecular formula is C14H24N2O3S2. The van der Waals surface area contributed by atoms with Crippen molar-refractivity contribution < 1.29 is 13.2 Å². The Morgan fingerprint density at radius 3 is 2.81 bits per heavy atom. The average Bonchev–Trinajstić information content (AvgIpc) is 3.16. The Hall–Kier alpha value is -0.470. The van der Waals surface area contributed by atoms with Gasteiger partial charge in [0.1, 0.15) is 4.90 Å². The Balaban J connectivity index is 2.08. The van der Waals surface area contributed by atoms with Gasteiger partial charge in [-0.2, -0.15) is 0 Å². The molecule has 5 nitrogen and oxygen atoms in total. The minimum absolute atomic E-state index is 0.238. The molecule has 0 aromatic carbocycles. The highest BCUT2D eigenvalue weighted by Gasteiger charge is 2.26. The lowest BCUT2D eigenvalue weighted by atomic mass is 10.3. The van der Waals surface area contributed by atoms with Crippen molar-refractivity contribution in [2.45, 2.75) is 57.1 Å². The molecule has 120 valence electrons. The lowest BCUT2D eigenvalue weighted by molar-refractivity contribution is 0.133. The van der Waals surface area contributed by atoms with E-state index in [4.69, 9.17) is 4.74 Å². The van der Waals surface area contributed by atoms with Crippen LogP contribution in [0.15, 0.2) is 10.3 Å². The Labute approximate surface area is 131 Å². The summed E-state index contributed by atoms with van der Waals surface area (Å²) in [5.41, 5.74) is 0.809. The summed E-state index contributed by atoms with van der Waals surface area (Å²) in [6.07, 6.45) is 2.38. The third kappa shape index (κ3) is 4.75. The van der Waals surface area contributed by atoms with Crippen LogP contribution >= 0.6 is 11.3 Å². The smallest absolute Gasteiger partial charge is 0.242 e. The van der Waals surface area contributed by atoms with E-state index in [1.165, 1.54) is 24.2 Å². The van der Waals surface area contributed by atoms with Crippen LogP contribution in [0.2, 0.25) is 0 Å². The monoisotopic (exact) mass is 332 g/mol. The maximum Gasteiger partial charge on any atom is 0.242 e. The molecule has 1 fully saturated rings. The number of sulfonamides is 1. The maximum absolute atomic E-state index is 12.6. The molecular weight excluding hydrogens is 308 g/mol. The summed E-state index contributed by atoms with van der Waals surface area (Å²) < 4.78 is 33.1. The standard InChI is InChI=1S/C14H24N2O3S2/c1-4-19-8-11(3)16-21(17,18)14-10(2)9-20-13(14)7-15-12-5-6-12/h9,11-12,15-16H,4-8H2,1-3H3. The summed E-state index contributed by atoms with van der Waals surface area (Å²) in [4.78, 5) is 1.32. The van der Waals surface area contributed by atoms with Gasteiger partial charge in [0.25, 0.3) is 0 Å². The quantitative estimate of drug-likeness (QED) is 0.726. The summed E-state index contributed by atoms with van der Waals surface area (Å²) in [7, 11) is -3.49. The van der Waals surface area contributed by atoms with E-state index >= 15 is 0 Å². The molecule has 1 heterocycles. The summed E-state index contributed by atoms with van der Waals surface area (Å²) >= 11 is 1.50. The van der Waals surface area contributed by atoms with E-state index in [-0.39, 0.29) is 6.04 Å². The molecule has 1 atom stereocenters. The van der Waals surface area contributed by atoms with E-state index in [2.05, 4.69) is 10.0 Å². The first-order valence-electron chi connectivity index (χ1n) is 7.34. The van der Waals surface area contributed by atoms with E-state index in [0.29, 0.717) is 30.7 Å². The minimum atomic E-state index is -3.49. The van der Waals surface area contributed by atoms with Crippen LogP contribution in [-0.2, 0) is 21.3 Å². The Bertz CT molecular complexity index is 565. The van der Waals surface area contributed by atoms with E-state index in [1.807, 2.05) is 26.2 Å². The van der Waals surface area contributed by atoms with Gasteiger partial charge >= 0.3 is 0 Å². The molecule has 2 N–H and O–H groups in total. The molecule has 2 rings (SSSR count). The number of nitrogens with one attached hydrogen (secondary N) is 2. The number of hydrogen-bond donors (Lipinski definition) is 2. The molecule has 1 aliphatic carbocycles. The Morgan fingerprint density at radius 2 is 2.19 bits per heavy atom. The topological polar surface area (TPSA) is 67.4 Å². The van der Waals surface area contributed by atoms with Crippen molar-refractivity contribution in [3.63, 3.8) is 0 Å². The second-order valence-electron chi connectivity index (χ2n) is 5.51. The SMILES string of the molecule is CCOCC(C)NS(=O)(=O)c1c(C)csc1CNC1CC1. The Kier molecular flexibility index (Phi) is 5.79. The third-order valence-corrected chi connectivity index (χ3v) is 6.37. The molecule has 1 saturated carbocycles. The van der Waals surface area contributed by atoms with E-state index in [0.717, 1.165) is 10.4 Å². The maximum atomic E-state index is 12.6. The van der Waals surface area contributed by atoms with Crippen molar-refractivity contribution in [2.24, 2.45) is 0 Å². The zero-order chi connectivity index (χ0) is 15.5. The van der Waals surface area contributed by atoms with E-state index < -0.39 is 10.0 Å². The number of thiophene rings is 1. The van der Waals surface area contributed by atoms with Gasteiger partial charge in [-0.05, 0) is 44.6 Å². The van der Waals surface area contributed by atoms with Gasteiger partial charge in [0.2, 0.25) is 10.0 Å². The van der Waals surface area contributed by atoms with Crippen molar-refractivity contribution in [3.8, 4) is 0 Å². The van der Waals surface area contributed by atoms with Crippen molar-refractivity contribution >= 4 is 21.4 Å². The van der Waals surface area contributed by atoms with Gasteiger partial charge in [-0.15, -0.1) is 11.3 Å². The summed E-state index contributed by atoms with van der Waals surface area (Å²) in [6.45, 7) is 7.15. The number of rotatable bonds is 9. The summed E-state index contributed by atoms with van der Waals surface area (Å²) in [5.74, 6) is 0. The molecule has 1 aromatic rings. The fourth-order valence-electron chi connectivity index (χ4n) is 2.15. The van der Waals surface area contributed by atoms with Gasteiger partial charge in [0.15, 0.2) is 0 Å². The van der Waals surface area contributed by atoms with Gasteiger partial charge in [0, 0.05) is 30.1 Å². The second kappa shape index (κ2) is 7.19. The van der Waals surface area contributed by atoms with Crippen molar-refractivity contribution in [2.75, 3.05) is 13.2 Å². The number of aryl methyl sites for hydroxylation is 1. The van der Waals surface area contributed by atoms with Crippen LogP contribution in [0.5, 0.6) is 0 Å². The zero-order valence-electron chi connectivity index (χ0n) is 12.8. The molecule has 0 bridgehead atoms. The molecule has 1 unspecified atom stereocenters. The highest BCUT2D eigenvalue weighted by molar-refractivity contribution is 7.89. The zero-order valence-corrected chi connectivity index (χ0v) is 14.4. The first kappa shape index (κ1) is 16.9. The van der Waals surface area contributed by atoms with Crippen LogP contribution in [0.3, 0.4) is 0 Å². The van der Waals surface area contributed by atoms with Crippen LogP contribution < -0.4 is 10.0 Å². The normalized spacial score (nSPS) is 17.1. The summed E-state index contributed by atoms with van der Waals surface area (Å²) in [6, 6.07) is 0.325. The lowest BCUT2D eigenvalue weighted by Crippen LogP contribution is -2.36. The third-order valence-electron chi connectivity index (χ3n) is 3.32.